The molecule has 0 spiro atoms. The molecule has 0 aromatic carbocycles. The van der Waals surface area contributed by atoms with Crippen molar-refractivity contribution >= 4 is 18.1 Å². The molecule has 0 fully saturated rings. The van der Waals surface area contributed by atoms with Gasteiger partial charge >= 0.3 is 6.18 Å². The summed E-state index contributed by atoms with van der Waals surface area (Å²) in [5, 5.41) is 0. The number of fused-ring (bicyclic) bond motifs is 1. The van der Waals surface area contributed by atoms with Crippen molar-refractivity contribution in [2.24, 2.45) is 0 Å². The molecule has 14 heavy (non-hydrogen) atoms. The van der Waals surface area contributed by atoms with Crippen LogP contribution in [0.4, 0.5) is 13.2 Å². The van der Waals surface area contributed by atoms with Crippen LogP contribution in [-0.2, 0) is 6.18 Å². The molecule has 6 heteroatoms. The summed E-state index contributed by atoms with van der Waals surface area (Å²) in [6, 6.07) is 3.88. The number of rotatable bonds is 0. The maximum absolute atomic E-state index is 12.3. The summed E-state index contributed by atoms with van der Waals surface area (Å²) in [4.78, 5) is 3.76. The molecule has 0 bridgehead atoms. The third-order valence-corrected chi connectivity index (χ3v) is 1.72. The number of pyridine rings is 1. The molecule has 76 valence electrons. The van der Waals surface area contributed by atoms with E-state index in [0.717, 1.165) is 10.5 Å². The van der Waals surface area contributed by atoms with Gasteiger partial charge in [-0.15, -0.1) is 12.4 Å². The van der Waals surface area contributed by atoms with E-state index >= 15 is 0 Å². The molecule has 0 N–H and O–H groups in total. The van der Waals surface area contributed by atoms with Crippen molar-refractivity contribution in [2.75, 3.05) is 0 Å². The second-order valence-electron chi connectivity index (χ2n) is 2.56. The molecule has 2 rings (SSSR count). The first kappa shape index (κ1) is 10.8. The molecule has 0 aliphatic rings. The predicted molar refractivity (Wildman–Crippen MR) is 47.4 cm³/mol. The van der Waals surface area contributed by atoms with Crippen LogP contribution in [0.1, 0.15) is 5.69 Å². The molecule has 0 unspecified atom stereocenters. The van der Waals surface area contributed by atoms with Crippen molar-refractivity contribution in [2.45, 2.75) is 6.18 Å². The van der Waals surface area contributed by atoms with Crippen LogP contribution in [0.2, 0.25) is 0 Å². The summed E-state index contributed by atoms with van der Waals surface area (Å²) < 4.78 is 38.1. The fourth-order valence-corrected chi connectivity index (χ4v) is 1.18. The molecule has 0 saturated heterocycles. The van der Waals surface area contributed by atoms with Crippen LogP contribution in [0.5, 0.6) is 0 Å². The highest BCUT2D eigenvalue weighted by molar-refractivity contribution is 5.85. The lowest BCUT2D eigenvalue weighted by Crippen LogP contribution is -2.10. The third-order valence-electron chi connectivity index (χ3n) is 1.72. The van der Waals surface area contributed by atoms with E-state index in [-0.39, 0.29) is 12.4 Å². The molecule has 2 nitrogen and oxygen atoms in total. The number of alkyl halides is 3. The van der Waals surface area contributed by atoms with Crippen LogP contribution in [0.25, 0.3) is 5.65 Å². The Bertz CT molecular complexity index is 435. The molecule has 0 radical (unpaired) electrons. The van der Waals surface area contributed by atoms with E-state index in [2.05, 4.69) is 4.98 Å². The van der Waals surface area contributed by atoms with Crippen molar-refractivity contribution in [1.29, 1.82) is 0 Å². The van der Waals surface area contributed by atoms with Crippen LogP contribution in [-0.4, -0.2) is 9.38 Å². The number of halogens is 4. The van der Waals surface area contributed by atoms with Crippen molar-refractivity contribution in [3.8, 4) is 0 Å². The van der Waals surface area contributed by atoms with Gasteiger partial charge in [-0.3, -0.25) is 4.40 Å². The lowest BCUT2D eigenvalue weighted by atomic mass is 10.3. The van der Waals surface area contributed by atoms with Gasteiger partial charge in [0.1, 0.15) is 11.3 Å². The summed E-state index contributed by atoms with van der Waals surface area (Å²) >= 11 is 0. The minimum absolute atomic E-state index is 0. The summed E-state index contributed by atoms with van der Waals surface area (Å²) in [5.41, 5.74) is -0.405. The molecule has 0 amide bonds. The minimum Gasteiger partial charge on any atom is -0.296 e. The highest BCUT2D eigenvalue weighted by atomic mass is 35.5. The van der Waals surface area contributed by atoms with E-state index < -0.39 is 11.9 Å². The monoisotopic (exact) mass is 222 g/mol. The summed E-state index contributed by atoms with van der Waals surface area (Å²) in [6.45, 7) is 0. The van der Waals surface area contributed by atoms with E-state index in [4.69, 9.17) is 0 Å². The van der Waals surface area contributed by atoms with E-state index in [1.165, 1.54) is 24.5 Å². The molecule has 0 aliphatic heterocycles. The smallest absolute Gasteiger partial charge is 0.296 e. The SMILES string of the molecule is Cl.FC(F)(F)c1cccc2nccn12. The lowest BCUT2D eigenvalue weighted by Gasteiger charge is -2.08. The Labute approximate surface area is 83.8 Å². The van der Waals surface area contributed by atoms with Crippen LogP contribution in [0.3, 0.4) is 0 Å². The van der Waals surface area contributed by atoms with E-state index in [0.29, 0.717) is 5.65 Å². The Morgan fingerprint density at radius 1 is 1.21 bits per heavy atom. The Hall–Kier alpha value is -1.23. The average Bonchev–Trinajstić information content (AvgIpc) is 2.48. The van der Waals surface area contributed by atoms with Crippen molar-refractivity contribution in [3.05, 3.63) is 36.3 Å². The number of hydrogen-bond acceptors (Lipinski definition) is 1. The molecular formula is C8H6ClF3N2. The van der Waals surface area contributed by atoms with E-state index in [1.54, 1.807) is 0 Å². The number of nitrogens with zero attached hydrogens (tertiary/aromatic N) is 2. The van der Waals surface area contributed by atoms with Crippen LogP contribution in [0.15, 0.2) is 30.6 Å². The average molecular weight is 223 g/mol. The fraction of sp³-hybridized carbons (Fsp3) is 0.125. The van der Waals surface area contributed by atoms with Gasteiger partial charge in [0.05, 0.1) is 0 Å². The van der Waals surface area contributed by atoms with Gasteiger partial charge in [-0.05, 0) is 12.1 Å². The molecule has 2 aromatic rings. The van der Waals surface area contributed by atoms with Crippen LogP contribution >= 0.6 is 12.4 Å². The lowest BCUT2D eigenvalue weighted by molar-refractivity contribution is -0.142. The summed E-state index contributed by atoms with van der Waals surface area (Å²) in [7, 11) is 0. The number of hydrogen-bond donors (Lipinski definition) is 0. The molecular weight excluding hydrogens is 217 g/mol. The fourth-order valence-electron chi connectivity index (χ4n) is 1.18. The molecule has 0 saturated carbocycles. The first-order valence-electron chi connectivity index (χ1n) is 3.58. The number of aromatic nitrogens is 2. The number of imidazole rings is 1. The quantitative estimate of drug-likeness (QED) is 0.670. The van der Waals surface area contributed by atoms with Gasteiger partial charge in [0.15, 0.2) is 0 Å². The van der Waals surface area contributed by atoms with E-state index in [1.807, 2.05) is 0 Å². The van der Waals surface area contributed by atoms with E-state index in [9.17, 15) is 13.2 Å². The first-order valence-corrected chi connectivity index (χ1v) is 3.58. The molecule has 0 aliphatic carbocycles. The zero-order chi connectivity index (χ0) is 9.47. The predicted octanol–water partition coefficient (Wildman–Crippen LogP) is 2.77. The Morgan fingerprint density at radius 3 is 2.57 bits per heavy atom. The minimum atomic E-state index is -4.33. The van der Waals surface area contributed by atoms with Crippen molar-refractivity contribution < 1.29 is 13.2 Å². The highest BCUT2D eigenvalue weighted by Gasteiger charge is 2.32. The van der Waals surface area contributed by atoms with Gasteiger partial charge in [-0.2, -0.15) is 13.2 Å². The third kappa shape index (κ3) is 1.68. The molecule has 2 aromatic heterocycles. The van der Waals surface area contributed by atoms with Gasteiger partial charge in [-0.25, -0.2) is 4.98 Å². The summed E-state index contributed by atoms with van der Waals surface area (Å²) in [5.74, 6) is 0. The van der Waals surface area contributed by atoms with Gasteiger partial charge in [0.2, 0.25) is 0 Å². The zero-order valence-corrected chi connectivity index (χ0v) is 7.64. The topological polar surface area (TPSA) is 17.3 Å². The highest BCUT2D eigenvalue weighted by Crippen LogP contribution is 2.29. The first-order chi connectivity index (χ1) is 6.09. The standard InChI is InChI=1S/C8H5F3N2.ClH/c9-8(10,11)6-2-1-3-7-12-4-5-13(6)7;/h1-5H;1H. The van der Waals surface area contributed by atoms with Crippen molar-refractivity contribution in [3.63, 3.8) is 0 Å². The zero-order valence-electron chi connectivity index (χ0n) is 6.82. The molecule has 0 atom stereocenters. The van der Waals surface area contributed by atoms with Crippen molar-refractivity contribution in [1.82, 2.24) is 9.38 Å². The molecule has 2 heterocycles. The second kappa shape index (κ2) is 3.49. The van der Waals surface area contributed by atoms with Gasteiger partial charge < -0.3 is 0 Å². The second-order valence-corrected chi connectivity index (χ2v) is 2.56. The van der Waals surface area contributed by atoms with Gasteiger partial charge in [0.25, 0.3) is 0 Å². The van der Waals surface area contributed by atoms with Crippen LogP contribution in [0, 0.1) is 0 Å². The van der Waals surface area contributed by atoms with Crippen LogP contribution < -0.4 is 0 Å². The Balaban J connectivity index is 0.000000980. The summed E-state index contributed by atoms with van der Waals surface area (Å²) in [6.07, 6.45) is -1.71. The maximum atomic E-state index is 12.3. The van der Waals surface area contributed by atoms with Gasteiger partial charge in [-0.1, -0.05) is 6.07 Å². The largest absolute Gasteiger partial charge is 0.431 e. The Kier molecular flexibility index (Phi) is 2.71. The normalized spacial score (nSPS) is 11.4. The van der Waals surface area contributed by atoms with Gasteiger partial charge in [0, 0.05) is 12.4 Å². The Morgan fingerprint density at radius 2 is 1.93 bits per heavy atom. The maximum Gasteiger partial charge on any atom is 0.431 e.